The zero-order chi connectivity index (χ0) is 14.4. The zero-order valence-corrected chi connectivity index (χ0v) is 11.9. The maximum absolute atomic E-state index is 13.2. The van der Waals surface area contributed by atoms with E-state index in [2.05, 4.69) is 10.6 Å². The molecule has 0 aromatic heterocycles. The maximum atomic E-state index is 13.2. The third-order valence-corrected chi connectivity index (χ3v) is 4.53. The number of carbonyl (C=O) groups is 1. The average molecular weight is 299 g/mol. The number of carbonyl (C=O) groups excluding carboxylic acids is 1. The second-order valence-electron chi connectivity index (χ2n) is 5.75. The number of nitrogens with one attached hydrogen (secondary N) is 2. The molecule has 2 N–H and O–H groups in total. The first kappa shape index (κ1) is 13.6. The highest BCUT2D eigenvalue weighted by molar-refractivity contribution is 6.30. The Morgan fingerprint density at radius 2 is 2.10 bits per heavy atom. The van der Waals surface area contributed by atoms with Gasteiger partial charge in [0.05, 0.1) is 5.02 Å². The molecule has 20 heavy (non-hydrogen) atoms. The summed E-state index contributed by atoms with van der Waals surface area (Å²) in [7, 11) is 1.95. The Kier molecular flexibility index (Phi) is 3.14. The van der Waals surface area contributed by atoms with Crippen LogP contribution in [0.5, 0.6) is 5.75 Å². The molecule has 0 unspecified atom stereocenters. The molecule has 1 aromatic rings. The smallest absolute Gasteiger partial charge is 0.258 e. The predicted octanol–water partition coefficient (Wildman–Crippen LogP) is 1.87. The Morgan fingerprint density at radius 1 is 1.40 bits per heavy atom. The lowest BCUT2D eigenvalue weighted by Crippen LogP contribution is -2.83. The van der Waals surface area contributed by atoms with Gasteiger partial charge in [-0.05, 0) is 38.4 Å². The van der Waals surface area contributed by atoms with Crippen molar-refractivity contribution in [3.05, 3.63) is 29.0 Å². The van der Waals surface area contributed by atoms with Crippen LogP contribution < -0.4 is 15.4 Å². The number of amides is 1. The molecule has 4 rings (SSSR count). The first-order valence-electron chi connectivity index (χ1n) is 6.54. The minimum absolute atomic E-state index is 0.0352. The SMILES string of the molecule is CNC12CC(NC(=O)COc3ccc(Cl)c(F)c3)(C1)C2. The van der Waals surface area contributed by atoms with E-state index in [0.29, 0.717) is 5.75 Å². The molecule has 0 aliphatic heterocycles. The van der Waals surface area contributed by atoms with Crippen LogP contribution in [0.25, 0.3) is 0 Å². The first-order chi connectivity index (χ1) is 9.46. The molecular formula is C14H16ClFN2O2. The van der Waals surface area contributed by atoms with Crippen molar-refractivity contribution >= 4 is 17.5 Å². The summed E-state index contributed by atoms with van der Waals surface area (Å²) in [5.41, 5.74) is 0.197. The fraction of sp³-hybridized carbons (Fsp3) is 0.500. The van der Waals surface area contributed by atoms with Gasteiger partial charge in [-0.15, -0.1) is 0 Å². The van der Waals surface area contributed by atoms with Crippen molar-refractivity contribution in [2.24, 2.45) is 0 Å². The van der Waals surface area contributed by atoms with Crippen LogP contribution in [0.15, 0.2) is 18.2 Å². The highest BCUT2D eigenvalue weighted by Crippen LogP contribution is 2.60. The van der Waals surface area contributed by atoms with Crippen LogP contribution in [0.2, 0.25) is 5.02 Å². The molecular weight excluding hydrogens is 283 g/mol. The van der Waals surface area contributed by atoms with Gasteiger partial charge in [0, 0.05) is 17.1 Å². The number of benzene rings is 1. The standard InChI is InChI=1S/C14H16ClFN2O2/c1-17-13-6-14(7-13,8-13)18-12(19)5-20-9-2-3-10(15)11(16)4-9/h2-4,17H,5-8H2,1H3,(H,18,19). The van der Waals surface area contributed by atoms with E-state index in [4.69, 9.17) is 16.3 Å². The minimum Gasteiger partial charge on any atom is -0.484 e. The van der Waals surface area contributed by atoms with Crippen LogP contribution in [0.1, 0.15) is 19.3 Å². The number of rotatable bonds is 5. The zero-order valence-electron chi connectivity index (χ0n) is 11.1. The van der Waals surface area contributed by atoms with E-state index in [1.165, 1.54) is 18.2 Å². The fourth-order valence-electron chi connectivity index (χ4n) is 3.23. The van der Waals surface area contributed by atoms with Gasteiger partial charge in [0.2, 0.25) is 0 Å². The Labute approximate surface area is 121 Å². The van der Waals surface area contributed by atoms with E-state index in [0.717, 1.165) is 19.3 Å². The van der Waals surface area contributed by atoms with Crippen molar-refractivity contribution in [2.75, 3.05) is 13.7 Å². The summed E-state index contributed by atoms with van der Waals surface area (Å²) in [4.78, 5) is 11.8. The fourth-order valence-corrected chi connectivity index (χ4v) is 3.35. The van der Waals surface area contributed by atoms with Crippen molar-refractivity contribution in [3.63, 3.8) is 0 Å². The number of hydrogen-bond acceptors (Lipinski definition) is 3. The van der Waals surface area contributed by atoms with Gasteiger partial charge >= 0.3 is 0 Å². The van der Waals surface area contributed by atoms with E-state index >= 15 is 0 Å². The molecule has 1 amide bonds. The topological polar surface area (TPSA) is 50.4 Å². The number of halogens is 2. The van der Waals surface area contributed by atoms with Crippen molar-refractivity contribution < 1.29 is 13.9 Å². The van der Waals surface area contributed by atoms with Gasteiger partial charge in [0.25, 0.3) is 5.91 Å². The molecule has 0 saturated heterocycles. The van der Waals surface area contributed by atoms with Gasteiger partial charge in [0.15, 0.2) is 6.61 Å². The number of ether oxygens (including phenoxy) is 1. The summed E-state index contributed by atoms with van der Waals surface area (Å²) in [6.45, 7) is -0.116. The van der Waals surface area contributed by atoms with Crippen LogP contribution >= 0.6 is 11.6 Å². The molecule has 3 aliphatic rings. The van der Waals surface area contributed by atoms with E-state index in [9.17, 15) is 9.18 Å². The molecule has 3 saturated carbocycles. The lowest BCUT2D eigenvalue weighted by atomic mass is 9.44. The minimum atomic E-state index is -0.556. The summed E-state index contributed by atoms with van der Waals surface area (Å²) >= 11 is 5.57. The van der Waals surface area contributed by atoms with E-state index < -0.39 is 5.82 Å². The van der Waals surface area contributed by atoms with Gasteiger partial charge in [-0.25, -0.2) is 4.39 Å². The third-order valence-electron chi connectivity index (χ3n) is 4.23. The van der Waals surface area contributed by atoms with E-state index in [-0.39, 0.29) is 28.6 Å². The Bertz CT molecular complexity index is 544. The van der Waals surface area contributed by atoms with E-state index in [1.54, 1.807) is 0 Å². The summed E-state index contributed by atoms with van der Waals surface area (Å²) in [5.74, 6) is -0.434. The maximum Gasteiger partial charge on any atom is 0.258 e. The van der Waals surface area contributed by atoms with Crippen molar-refractivity contribution in [1.29, 1.82) is 0 Å². The average Bonchev–Trinajstić information content (AvgIpc) is 2.33. The molecule has 0 heterocycles. The van der Waals surface area contributed by atoms with Gasteiger partial charge in [-0.2, -0.15) is 0 Å². The van der Waals surface area contributed by atoms with Gasteiger partial charge in [-0.3, -0.25) is 4.79 Å². The van der Waals surface area contributed by atoms with Gasteiger partial charge < -0.3 is 15.4 Å². The lowest BCUT2D eigenvalue weighted by Gasteiger charge is -2.70. The van der Waals surface area contributed by atoms with E-state index in [1.807, 2.05) is 7.05 Å². The second kappa shape index (κ2) is 4.60. The highest BCUT2D eigenvalue weighted by Gasteiger charge is 2.67. The lowest BCUT2D eigenvalue weighted by molar-refractivity contribution is -0.142. The quantitative estimate of drug-likeness (QED) is 0.872. The Hall–Kier alpha value is -1.33. The molecule has 0 radical (unpaired) electrons. The van der Waals surface area contributed by atoms with Crippen molar-refractivity contribution in [1.82, 2.24) is 10.6 Å². The van der Waals surface area contributed by atoms with Crippen LogP contribution in [0, 0.1) is 5.82 Å². The Balaban J connectivity index is 1.47. The molecule has 2 bridgehead atoms. The Morgan fingerprint density at radius 3 is 2.70 bits per heavy atom. The summed E-state index contributed by atoms with van der Waals surface area (Å²) in [6.07, 6.45) is 2.91. The van der Waals surface area contributed by atoms with Crippen molar-refractivity contribution in [2.45, 2.75) is 30.3 Å². The largest absolute Gasteiger partial charge is 0.484 e. The van der Waals surface area contributed by atoms with Crippen LogP contribution in [0.4, 0.5) is 4.39 Å². The molecule has 3 aliphatic carbocycles. The molecule has 3 fully saturated rings. The van der Waals surface area contributed by atoms with Crippen LogP contribution in [-0.4, -0.2) is 30.6 Å². The summed E-state index contributed by atoms with van der Waals surface area (Å²) < 4.78 is 18.5. The molecule has 4 nitrogen and oxygen atoms in total. The van der Waals surface area contributed by atoms with Gasteiger partial charge in [-0.1, -0.05) is 11.6 Å². The molecule has 0 spiro atoms. The summed E-state index contributed by atoms with van der Waals surface area (Å²) in [6, 6.07) is 4.12. The highest BCUT2D eigenvalue weighted by atomic mass is 35.5. The molecule has 1 aromatic carbocycles. The second-order valence-corrected chi connectivity index (χ2v) is 6.16. The third kappa shape index (κ3) is 2.25. The van der Waals surface area contributed by atoms with Crippen LogP contribution in [0.3, 0.4) is 0 Å². The molecule has 108 valence electrons. The summed E-state index contributed by atoms with van der Waals surface area (Å²) in [5, 5.41) is 6.30. The predicted molar refractivity (Wildman–Crippen MR) is 73.4 cm³/mol. The number of hydrogen-bond donors (Lipinski definition) is 2. The van der Waals surface area contributed by atoms with Crippen molar-refractivity contribution in [3.8, 4) is 5.75 Å². The molecule has 0 atom stereocenters. The molecule has 6 heteroatoms. The van der Waals surface area contributed by atoms with Crippen LogP contribution in [-0.2, 0) is 4.79 Å². The normalized spacial score (nSPS) is 30.1. The van der Waals surface area contributed by atoms with Gasteiger partial charge in [0.1, 0.15) is 11.6 Å². The monoisotopic (exact) mass is 298 g/mol. The first-order valence-corrected chi connectivity index (χ1v) is 6.92.